The lowest BCUT2D eigenvalue weighted by molar-refractivity contribution is -0.111. The summed E-state index contributed by atoms with van der Waals surface area (Å²) in [6.45, 7) is 2.19. The number of hydrogen-bond acceptors (Lipinski definition) is 1. The maximum atomic E-state index is 10.4. The summed E-state index contributed by atoms with van der Waals surface area (Å²) >= 11 is 0. The van der Waals surface area contributed by atoms with Crippen LogP contribution in [0.3, 0.4) is 0 Å². The second-order valence-electron chi connectivity index (χ2n) is 2.91. The molecule has 0 radical (unpaired) electrons. The SMILES string of the molecule is CCCCCCC1NC1=O. The molecule has 1 aliphatic rings. The lowest BCUT2D eigenvalue weighted by Gasteiger charge is -1.93. The van der Waals surface area contributed by atoms with E-state index in [0.29, 0.717) is 0 Å². The highest BCUT2D eigenvalue weighted by Gasteiger charge is 2.31. The van der Waals surface area contributed by atoms with E-state index in [-0.39, 0.29) is 11.9 Å². The standard InChI is InChI=1S/C8H15NO/c1-2-3-4-5-6-7-8(10)9-7/h7H,2-6H2,1H3,(H,9,10). The molecule has 1 fully saturated rings. The van der Waals surface area contributed by atoms with Crippen LogP contribution in [0.5, 0.6) is 0 Å². The first-order chi connectivity index (χ1) is 4.84. The minimum atomic E-state index is 0.233. The Hall–Kier alpha value is -0.530. The van der Waals surface area contributed by atoms with Gasteiger partial charge in [0.25, 0.3) is 0 Å². The third-order valence-corrected chi connectivity index (χ3v) is 1.90. The Bertz CT molecular complexity index is 122. The number of hydrogen-bond donors (Lipinski definition) is 1. The molecule has 1 rings (SSSR count). The Kier molecular flexibility index (Phi) is 2.72. The minimum absolute atomic E-state index is 0.233. The fraction of sp³-hybridized carbons (Fsp3) is 0.875. The number of amides is 1. The zero-order valence-electron chi connectivity index (χ0n) is 6.52. The largest absolute Gasteiger partial charge is 0.343 e. The molecular formula is C8H15NO. The van der Waals surface area contributed by atoms with Crippen molar-refractivity contribution >= 4 is 5.91 Å². The predicted octanol–water partition coefficient (Wildman–Crippen LogP) is 1.46. The van der Waals surface area contributed by atoms with Gasteiger partial charge in [0.15, 0.2) is 0 Å². The first kappa shape index (κ1) is 7.58. The Morgan fingerprint density at radius 1 is 1.40 bits per heavy atom. The first-order valence-electron chi connectivity index (χ1n) is 4.15. The highest BCUT2D eigenvalue weighted by Crippen LogP contribution is 2.11. The van der Waals surface area contributed by atoms with Gasteiger partial charge in [0.05, 0.1) is 0 Å². The molecule has 0 aromatic carbocycles. The van der Waals surface area contributed by atoms with Gasteiger partial charge in [-0.2, -0.15) is 0 Å². The van der Waals surface area contributed by atoms with Gasteiger partial charge in [-0.25, -0.2) is 0 Å². The molecule has 10 heavy (non-hydrogen) atoms. The summed E-state index contributed by atoms with van der Waals surface area (Å²) in [5.41, 5.74) is 0. The fourth-order valence-corrected chi connectivity index (χ4v) is 1.11. The fourth-order valence-electron chi connectivity index (χ4n) is 1.11. The molecule has 1 amide bonds. The van der Waals surface area contributed by atoms with E-state index < -0.39 is 0 Å². The average molecular weight is 141 g/mol. The molecule has 0 bridgehead atoms. The Morgan fingerprint density at radius 3 is 2.60 bits per heavy atom. The summed E-state index contributed by atoms with van der Waals surface area (Å²) in [7, 11) is 0. The van der Waals surface area contributed by atoms with Crippen molar-refractivity contribution in [2.75, 3.05) is 0 Å². The quantitative estimate of drug-likeness (QED) is 0.457. The van der Waals surface area contributed by atoms with Gasteiger partial charge in [-0.3, -0.25) is 4.79 Å². The van der Waals surface area contributed by atoms with E-state index in [4.69, 9.17) is 0 Å². The van der Waals surface area contributed by atoms with E-state index in [1.165, 1.54) is 25.7 Å². The van der Waals surface area contributed by atoms with Crippen LogP contribution in [0.15, 0.2) is 0 Å². The summed E-state index contributed by atoms with van der Waals surface area (Å²) < 4.78 is 0. The monoisotopic (exact) mass is 141 g/mol. The second-order valence-corrected chi connectivity index (χ2v) is 2.91. The van der Waals surface area contributed by atoms with Crippen molar-refractivity contribution < 1.29 is 4.79 Å². The van der Waals surface area contributed by atoms with Gasteiger partial charge in [0.2, 0.25) is 5.91 Å². The van der Waals surface area contributed by atoms with Crippen molar-refractivity contribution in [2.45, 2.75) is 45.1 Å². The van der Waals surface area contributed by atoms with Crippen LogP contribution in [-0.2, 0) is 4.79 Å². The maximum absolute atomic E-state index is 10.4. The molecule has 2 nitrogen and oxygen atoms in total. The Morgan fingerprint density at radius 2 is 2.10 bits per heavy atom. The lowest BCUT2D eigenvalue weighted by Crippen LogP contribution is -1.89. The smallest absolute Gasteiger partial charge is 0.243 e. The number of unbranched alkanes of at least 4 members (excludes halogenated alkanes) is 3. The summed E-state index contributed by atoms with van der Waals surface area (Å²) in [6, 6.07) is 0.233. The third kappa shape index (κ3) is 2.38. The van der Waals surface area contributed by atoms with E-state index in [1.54, 1.807) is 0 Å². The molecule has 1 atom stereocenters. The molecule has 1 aliphatic heterocycles. The van der Waals surface area contributed by atoms with Crippen molar-refractivity contribution in [3.05, 3.63) is 0 Å². The molecule has 0 aliphatic carbocycles. The molecule has 0 aromatic rings. The van der Waals surface area contributed by atoms with Crippen LogP contribution >= 0.6 is 0 Å². The van der Waals surface area contributed by atoms with Crippen LogP contribution < -0.4 is 5.32 Å². The Labute approximate surface area is 62.0 Å². The molecule has 58 valence electrons. The summed E-state index contributed by atoms with van der Waals surface area (Å²) in [5, 5.41) is 2.77. The molecule has 0 spiro atoms. The van der Waals surface area contributed by atoms with E-state index >= 15 is 0 Å². The zero-order valence-corrected chi connectivity index (χ0v) is 6.52. The number of carbonyl (C=O) groups is 1. The topological polar surface area (TPSA) is 39.0 Å². The summed E-state index contributed by atoms with van der Waals surface area (Å²) in [6.07, 6.45) is 6.12. The van der Waals surface area contributed by atoms with Crippen molar-refractivity contribution in [3.63, 3.8) is 0 Å². The van der Waals surface area contributed by atoms with E-state index in [0.717, 1.165) is 6.42 Å². The van der Waals surface area contributed by atoms with Crippen LogP contribution in [0, 0.1) is 0 Å². The second kappa shape index (κ2) is 3.59. The number of rotatable bonds is 5. The third-order valence-electron chi connectivity index (χ3n) is 1.90. The summed E-state index contributed by atoms with van der Waals surface area (Å²) in [4.78, 5) is 10.4. The van der Waals surface area contributed by atoms with Gasteiger partial charge in [0.1, 0.15) is 6.04 Å². The maximum Gasteiger partial charge on any atom is 0.243 e. The van der Waals surface area contributed by atoms with Crippen molar-refractivity contribution in [1.29, 1.82) is 0 Å². The minimum Gasteiger partial charge on any atom is -0.343 e. The predicted molar refractivity (Wildman–Crippen MR) is 40.7 cm³/mol. The molecular weight excluding hydrogens is 126 g/mol. The van der Waals surface area contributed by atoms with Gasteiger partial charge in [-0.15, -0.1) is 0 Å². The zero-order chi connectivity index (χ0) is 7.40. The van der Waals surface area contributed by atoms with Gasteiger partial charge in [-0.1, -0.05) is 32.6 Å². The normalized spacial score (nSPS) is 22.5. The molecule has 2 heteroatoms. The van der Waals surface area contributed by atoms with Gasteiger partial charge in [-0.05, 0) is 6.42 Å². The highest BCUT2D eigenvalue weighted by atomic mass is 16.2. The van der Waals surface area contributed by atoms with Crippen LogP contribution in [-0.4, -0.2) is 11.9 Å². The van der Waals surface area contributed by atoms with Crippen molar-refractivity contribution in [1.82, 2.24) is 5.32 Å². The van der Waals surface area contributed by atoms with E-state index in [1.807, 2.05) is 0 Å². The highest BCUT2D eigenvalue weighted by molar-refractivity contribution is 5.96. The molecule has 0 aromatic heterocycles. The average Bonchev–Trinajstić information content (AvgIpc) is 2.60. The van der Waals surface area contributed by atoms with Gasteiger partial charge < -0.3 is 5.32 Å². The molecule has 1 saturated heterocycles. The molecule has 1 N–H and O–H groups in total. The van der Waals surface area contributed by atoms with Crippen LogP contribution in [0.1, 0.15) is 39.0 Å². The number of nitrogens with one attached hydrogen (secondary N) is 1. The van der Waals surface area contributed by atoms with Crippen LogP contribution in [0.4, 0.5) is 0 Å². The van der Waals surface area contributed by atoms with Crippen molar-refractivity contribution in [2.24, 2.45) is 0 Å². The molecule has 1 heterocycles. The molecule has 0 saturated carbocycles. The van der Waals surface area contributed by atoms with Crippen LogP contribution in [0.2, 0.25) is 0 Å². The first-order valence-corrected chi connectivity index (χ1v) is 4.15. The van der Waals surface area contributed by atoms with Gasteiger partial charge in [0, 0.05) is 0 Å². The summed E-state index contributed by atoms with van der Waals surface area (Å²) in [5.74, 6) is 0.247. The van der Waals surface area contributed by atoms with E-state index in [2.05, 4.69) is 12.2 Å². The van der Waals surface area contributed by atoms with Gasteiger partial charge >= 0.3 is 0 Å². The van der Waals surface area contributed by atoms with Crippen molar-refractivity contribution in [3.8, 4) is 0 Å². The Balaban J connectivity index is 1.82. The van der Waals surface area contributed by atoms with Crippen LogP contribution in [0.25, 0.3) is 0 Å². The number of carbonyl (C=O) groups excluding carboxylic acids is 1. The van der Waals surface area contributed by atoms with E-state index in [9.17, 15) is 4.79 Å². The molecule has 1 unspecified atom stereocenters. The lowest BCUT2D eigenvalue weighted by atomic mass is 10.1.